The maximum Gasteiger partial charge on any atom is 0.286 e. The van der Waals surface area contributed by atoms with Crippen molar-refractivity contribution >= 4 is 28.8 Å². The van der Waals surface area contributed by atoms with Gasteiger partial charge in [0.15, 0.2) is 0 Å². The number of aromatic nitrogens is 2. The number of rotatable bonds is 7. The minimum Gasteiger partial charge on any atom is -0.364 e. The highest BCUT2D eigenvalue weighted by atomic mass is 32.1. The normalized spacial score (nSPS) is 14.3. The summed E-state index contributed by atoms with van der Waals surface area (Å²) in [6, 6.07) is 7.80. The van der Waals surface area contributed by atoms with Crippen molar-refractivity contribution in [2.45, 2.75) is 45.3 Å². The molecule has 0 bridgehead atoms. The standard InChI is InChI=1S/C18H22N4O3S/c1-12-6-8-14(9-7-12)20-17(24)18-22-21-16(26-18)11-25-10-15(23)19-13-4-2-3-5-13/h6-9,13H,2-5,10-11H2,1H3,(H,19,23)(H,20,24). The Morgan fingerprint density at radius 1 is 1.19 bits per heavy atom. The van der Waals surface area contributed by atoms with Gasteiger partial charge in [0.2, 0.25) is 10.9 Å². The Balaban J connectivity index is 1.42. The van der Waals surface area contributed by atoms with Gasteiger partial charge in [-0.3, -0.25) is 9.59 Å². The lowest BCUT2D eigenvalue weighted by atomic mass is 10.2. The Bertz CT molecular complexity index is 754. The van der Waals surface area contributed by atoms with Crippen LogP contribution in [-0.2, 0) is 16.1 Å². The molecule has 3 rings (SSSR count). The van der Waals surface area contributed by atoms with Crippen molar-refractivity contribution in [2.75, 3.05) is 11.9 Å². The van der Waals surface area contributed by atoms with Crippen LogP contribution in [0, 0.1) is 6.92 Å². The molecule has 1 aliphatic carbocycles. The Labute approximate surface area is 156 Å². The lowest BCUT2D eigenvalue weighted by molar-refractivity contribution is -0.126. The van der Waals surface area contributed by atoms with Crippen LogP contribution in [0.25, 0.3) is 0 Å². The minimum atomic E-state index is -0.309. The molecule has 2 N–H and O–H groups in total. The molecule has 8 heteroatoms. The Kier molecular flexibility index (Phi) is 6.30. The lowest BCUT2D eigenvalue weighted by Crippen LogP contribution is -2.35. The predicted molar refractivity (Wildman–Crippen MR) is 99.1 cm³/mol. The summed E-state index contributed by atoms with van der Waals surface area (Å²) in [5, 5.41) is 14.4. The molecular formula is C18H22N4O3S. The summed E-state index contributed by atoms with van der Waals surface area (Å²) in [4.78, 5) is 24.0. The number of anilines is 1. The lowest BCUT2D eigenvalue weighted by Gasteiger charge is -2.11. The molecule has 1 aromatic carbocycles. The van der Waals surface area contributed by atoms with Crippen LogP contribution in [-0.4, -0.2) is 34.7 Å². The highest BCUT2D eigenvalue weighted by Crippen LogP contribution is 2.17. The van der Waals surface area contributed by atoms with Gasteiger partial charge in [-0.1, -0.05) is 41.9 Å². The van der Waals surface area contributed by atoms with Crippen molar-refractivity contribution in [1.82, 2.24) is 15.5 Å². The van der Waals surface area contributed by atoms with Crippen molar-refractivity contribution < 1.29 is 14.3 Å². The second kappa shape index (κ2) is 8.86. The highest BCUT2D eigenvalue weighted by Gasteiger charge is 2.17. The Morgan fingerprint density at radius 3 is 2.65 bits per heavy atom. The van der Waals surface area contributed by atoms with Crippen molar-refractivity contribution in [2.24, 2.45) is 0 Å². The van der Waals surface area contributed by atoms with E-state index in [9.17, 15) is 9.59 Å². The van der Waals surface area contributed by atoms with Crippen molar-refractivity contribution in [3.8, 4) is 0 Å². The molecule has 0 spiro atoms. The van der Waals surface area contributed by atoms with Crippen LogP contribution >= 0.6 is 11.3 Å². The fraction of sp³-hybridized carbons (Fsp3) is 0.444. The fourth-order valence-corrected chi connectivity index (χ4v) is 3.47. The van der Waals surface area contributed by atoms with Gasteiger partial charge in [0.25, 0.3) is 5.91 Å². The minimum absolute atomic E-state index is 0.0129. The third-order valence-corrected chi connectivity index (χ3v) is 5.05. The monoisotopic (exact) mass is 374 g/mol. The van der Waals surface area contributed by atoms with Gasteiger partial charge in [0, 0.05) is 11.7 Å². The molecule has 0 aliphatic heterocycles. The highest BCUT2D eigenvalue weighted by molar-refractivity contribution is 7.13. The van der Waals surface area contributed by atoms with Crippen LogP contribution in [0.4, 0.5) is 5.69 Å². The van der Waals surface area contributed by atoms with Gasteiger partial charge in [-0.2, -0.15) is 0 Å². The molecule has 0 saturated heterocycles. The first-order chi connectivity index (χ1) is 12.6. The van der Waals surface area contributed by atoms with E-state index in [1.54, 1.807) is 0 Å². The van der Waals surface area contributed by atoms with E-state index in [-0.39, 0.29) is 36.1 Å². The van der Waals surface area contributed by atoms with Gasteiger partial charge >= 0.3 is 0 Å². The Hall–Kier alpha value is -2.32. The average molecular weight is 374 g/mol. The van der Waals surface area contributed by atoms with E-state index in [1.165, 1.54) is 12.8 Å². The molecule has 0 radical (unpaired) electrons. The molecule has 7 nitrogen and oxygen atoms in total. The summed E-state index contributed by atoms with van der Waals surface area (Å²) in [6.07, 6.45) is 4.43. The van der Waals surface area contributed by atoms with Gasteiger partial charge in [0.05, 0.1) is 0 Å². The van der Waals surface area contributed by atoms with Crippen LogP contribution in [0.2, 0.25) is 0 Å². The zero-order valence-corrected chi connectivity index (χ0v) is 15.5. The maximum absolute atomic E-state index is 12.2. The van der Waals surface area contributed by atoms with Gasteiger partial charge in [-0.05, 0) is 31.9 Å². The van der Waals surface area contributed by atoms with Gasteiger partial charge < -0.3 is 15.4 Å². The largest absolute Gasteiger partial charge is 0.364 e. The van der Waals surface area contributed by atoms with Crippen LogP contribution in [0.15, 0.2) is 24.3 Å². The second-order valence-corrected chi connectivity index (χ2v) is 7.42. The van der Waals surface area contributed by atoms with Crippen molar-refractivity contribution in [3.63, 3.8) is 0 Å². The molecule has 1 aromatic heterocycles. The summed E-state index contributed by atoms with van der Waals surface area (Å²) in [5.41, 5.74) is 1.83. The number of hydrogen-bond donors (Lipinski definition) is 2. The first-order valence-electron chi connectivity index (χ1n) is 8.67. The zero-order valence-electron chi connectivity index (χ0n) is 14.7. The molecule has 1 fully saturated rings. The summed E-state index contributed by atoms with van der Waals surface area (Å²) in [7, 11) is 0. The van der Waals surface area contributed by atoms with Crippen LogP contribution in [0.1, 0.15) is 46.1 Å². The maximum atomic E-state index is 12.2. The predicted octanol–water partition coefficient (Wildman–Crippen LogP) is 2.67. The molecule has 2 aromatic rings. The SMILES string of the molecule is Cc1ccc(NC(=O)c2nnc(COCC(=O)NC3CCCC3)s2)cc1. The van der Waals surface area contributed by atoms with E-state index in [4.69, 9.17) is 4.74 Å². The number of aryl methyl sites for hydroxylation is 1. The number of carbonyl (C=O) groups excluding carboxylic acids is 2. The number of ether oxygens (including phenoxy) is 1. The molecule has 0 atom stereocenters. The van der Waals surface area contributed by atoms with E-state index in [1.807, 2.05) is 31.2 Å². The first kappa shape index (κ1) is 18.5. The molecule has 138 valence electrons. The second-order valence-electron chi connectivity index (χ2n) is 6.36. The third kappa shape index (κ3) is 5.34. The molecule has 26 heavy (non-hydrogen) atoms. The van der Waals surface area contributed by atoms with E-state index < -0.39 is 0 Å². The summed E-state index contributed by atoms with van der Waals surface area (Å²) >= 11 is 1.16. The van der Waals surface area contributed by atoms with Crippen LogP contribution < -0.4 is 10.6 Å². The van der Waals surface area contributed by atoms with Gasteiger partial charge in [-0.15, -0.1) is 10.2 Å². The third-order valence-electron chi connectivity index (χ3n) is 4.15. The molecule has 0 unspecified atom stereocenters. The van der Waals surface area contributed by atoms with E-state index in [0.29, 0.717) is 10.7 Å². The van der Waals surface area contributed by atoms with Gasteiger partial charge in [-0.25, -0.2) is 0 Å². The van der Waals surface area contributed by atoms with Gasteiger partial charge in [0.1, 0.15) is 18.2 Å². The molecule has 1 aliphatic rings. The van der Waals surface area contributed by atoms with Crippen LogP contribution in [0.3, 0.4) is 0 Å². The molecule has 1 saturated carbocycles. The quantitative estimate of drug-likeness (QED) is 0.777. The Morgan fingerprint density at radius 2 is 1.92 bits per heavy atom. The number of amides is 2. The number of hydrogen-bond acceptors (Lipinski definition) is 6. The number of nitrogens with zero attached hydrogens (tertiary/aromatic N) is 2. The molecule has 1 heterocycles. The van der Waals surface area contributed by atoms with Crippen molar-refractivity contribution in [1.29, 1.82) is 0 Å². The number of nitrogens with one attached hydrogen (secondary N) is 2. The molecule has 2 amide bonds. The fourth-order valence-electron chi connectivity index (χ4n) is 2.80. The topological polar surface area (TPSA) is 93.2 Å². The molecular weight excluding hydrogens is 352 g/mol. The van der Waals surface area contributed by atoms with Crippen molar-refractivity contribution in [3.05, 3.63) is 39.8 Å². The van der Waals surface area contributed by atoms with E-state index in [0.717, 1.165) is 29.7 Å². The number of carbonyl (C=O) groups is 2. The van der Waals surface area contributed by atoms with E-state index in [2.05, 4.69) is 20.8 Å². The van der Waals surface area contributed by atoms with Crippen LogP contribution in [0.5, 0.6) is 0 Å². The summed E-state index contributed by atoms with van der Waals surface area (Å²) in [6.45, 7) is 2.13. The number of benzene rings is 1. The van der Waals surface area contributed by atoms with E-state index >= 15 is 0 Å². The summed E-state index contributed by atoms with van der Waals surface area (Å²) < 4.78 is 5.38. The smallest absolute Gasteiger partial charge is 0.286 e. The zero-order chi connectivity index (χ0) is 18.4. The average Bonchev–Trinajstić information content (AvgIpc) is 3.29. The summed E-state index contributed by atoms with van der Waals surface area (Å²) in [5.74, 6) is -0.421. The first-order valence-corrected chi connectivity index (χ1v) is 9.49.